The lowest BCUT2D eigenvalue weighted by Crippen LogP contribution is -2.44. The van der Waals surface area contributed by atoms with Crippen molar-refractivity contribution >= 4 is 55.0 Å². The highest BCUT2D eigenvalue weighted by atomic mass is 35.5. The van der Waals surface area contributed by atoms with E-state index < -0.39 is 10.0 Å². The van der Waals surface area contributed by atoms with Gasteiger partial charge in [-0.3, -0.25) is 9.69 Å². The molecule has 0 radical (unpaired) electrons. The van der Waals surface area contributed by atoms with Gasteiger partial charge in [-0.05, 0) is 44.1 Å². The second-order valence-corrected chi connectivity index (χ2v) is 10.1. The molecule has 0 saturated heterocycles. The van der Waals surface area contributed by atoms with Crippen molar-refractivity contribution in [3.8, 4) is 0 Å². The lowest BCUT2D eigenvalue weighted by molar-refractivity contribution is -0.118. The molecular weight excluding hydrogens is 432 g/mol. The second kappa shape index (κ2) is 10.7. The number of fused-ring (bicyclic) bond motifs is 1. The van der Waals surface area contributed by atoms with Gasteiger partial charge in [0.2, 0.25) is 15.9 Å². The molecule has 29 heavy (non-hydrogen) atoms. The molecule has 0 N–H and O–H groups in total. The van der Waals surface area contributed by atoms with E-state index in [1.54, 1.807) is 4.90 Å². The molecule has 0 aliphatic rings. The van der Waals surface area contributed by atoms with E-state index in [0.29, 0.717) is 18.2 Å². The average Bonchev–Trinajstić information content (AvgIpc) is 3.01. The number of hydrogen-bond acceptors (Lipinski definition) is 6. The van der Waals surface area contributed by atoms with Crippen LogP contribution in [0.25, 0.3) is 10.2 Å². The third kappa shape index (κ3) is 6.62. The van der Waals surface area contributed by atoms with Crippen LogP contribution in [-0.2, 0) is 14.8 Å². The van der Waals surface area contributed by atoms with Gasteiger partial charge in [0.05, 0.1) is 23.0 Å². The van der Waals surface area contributed by atoms with Crippen LogP contribution < -0.4 is 4.90 Å². The minimum absolute atomic E-state index is 0. The molecule has 0 aliphatic carbocycles. The van der Waals surface area contributed by atoms with Gasteiger partial charge in [0.25, 0.3) is 0 Å². The van der Waals surface area contributed by atoms with Crippen molar-refractivity contribution in [2.24, 2.45) is 0 Å². The summed E-state index contributed by atoms with van der Waals surface area (Å²) < 4.78 is 25.6. The molecule has 2 aromatic rings. The third-order valence-corrected chi connectivity index (χ3v) is 7.10. The summed E-state index contributed by atoms with van der Waals surface area (Å²) in [5, 5.41) is 0.614. The Kier molecular flexibility index (Phi) is 9.49. The van der Waals surface area contributed by atoms with Crippen LogP contribution in [0.5, 0.6) is 0 Å². The van der Waals surface area contributed by atoms with E-state index in [1.807, 2.05) is 13.8 Å². The number of hydrogen-bond donors (Lipinski definition) is 0. The van der Waals surface area contributed by atoms with Crippen molar-refractivity contribution in [2.45, 2.75) is 27.7 Å². The Morgan fingerprint density at radius 3 is 2.31 bits per heavy atom. The Labute approximate surface area is 184 Å². The third-order valence-electron chi connectivity index (χ3n) is 4.81. The van der Waals surface area contributed by atoms with Crippen LogP contribution in [0.3, 0.4) is 0 Å². The van der Waals surface area contributed by atoms with E-state index in [1.165, 1.54) is 18.4 Å². The maximum Gasteiger partial charge on any atom is 0.244 e. The smallest absolute Gasteiger partial charge is 0.244 e. The molecular formula is C19H31ClN4O3S2. The number of aromatic nitrogens is 1. The Morgan fingerprint density at radius 1 is 1.14 bits per heavy atom. The lowest BCUT2D eigenvalue weighted by Gasteiger charge is -2.26. The number of anilines is 1. The Balaban J connectivity index is 0.00000420. The first-order chi connectivity index (χ1) is 13.1. The molecule has 7 nitrogen and oxygen atoms in total. The predicted octanol–water partition coefficient (Wildman–Crippen LogP) is 2.90. The number of benzene rings is 1. The Hall–Kier alpha value is -1.26. The number of carbonyl (C=O) groups is 1. The van der Waals surface area contributed by atoms with Crippen LogP contribution in [0.2, 0.25) is 0 Å². The van der Waals surface area contributed by atoms with Crippen molar-refractivity contribution in [1.82, 2.24) is 14.2 Å². The summed E-state index contributed by atoms with van der Waals surface area (Å²) in [5.74, 6) is -0.270. The molecule has 10 heteroatoms. The maximum absolute atomic E-state index is 13.0. The number of aryl methyl sites for hydroxylation is 2. The normalized spacial score (nSPS) is 11.9. The first-order valence-corrected chi connectivity index (χ1v) is 12.0. The standard InChI is InChI=1S/C19H30N4O3S2.ClH/c1-7-22(8-2)9-10-23(17(24)13-21(5)28(6,25)26)19-20-18-15(4)11-14(3)12-16(18)27-19;/h11-12H,7-10,13H2,1-6H3;1H. The van der Waals surface area contributed by atoms with E-state index in [4.69, 9.17) is 4.98 Å². The fourth-order valence-electron chi connectivity index (χ4n) is 2.98. The van der Waals surface area contributed by atoms with E-state index in [2.05, 4.69) is 30.9 Å². The number of sulfonamides is 1. The van der Waals surface area contributed by atoms with Crippen LogP contribution in [0.15, 0.2) is 12.1 Å². The molecule has 0 atom stereocenters. The summed E-state index contributed by atoms with van der Waals surface area (Å²) in [4.78, 5) is 21.5. The SMILES string of the molecule is CCN(CC)CCN(C(=O)CN(C)S(C)(=O)=O)c1nc2c(C)cc(C)cc2s1.Cl. The van der Waals surface area contributed by atoms with Gasteiger partial charge >= 0.3 is 0 Å². The largest absolute Gasteiger partial charge is 0.302 e. The van der Waals surface area contributed by atoms with E-state index in [-0.39, 0.29) is 24.9 Å². The number of nitrogens with zero attached hydrogens (tertiary/aromatic N) is 4. The first-order valence-electron chi connectivity index (χ1n) is 9.38. The molecule has 164 valence electrons. The molecule has 0 unspecified atom stereocenters. The molecule has 1 amide bonds. The number of rotatable bonds is 9. The summed E-state index contributed by atoms with van der Waals surface area (Å²) in [5.41, 5.74) is 3.11. The van der Waals surface area contributed by atoms with E-state index in [9.17, 15) is 13.2 Å². The zero-order valence-electron chi connectivity index (χ0n) is 17.9. The number of thiazole rings is 1. The van der Waals surface area contributed by atoms with Crippen molar-refractivity contribution < 1.29 is 13.2 Å². The molecule has 0 fully saturated rings. The second-order valence-electron chi connectivity index (χ2n) is 7.02. The molecule has 0 bridgehead atoms. The van der Waals surface area contributed by atoms with Crippen LogP contribution >= 0.6 is 23.7 Å². The first kappa shape index (κ1) is 25.8. The molecule has 0 aliphatic heterocycles. The molecule has 2 rings (SSSR count). The number of carbonyl (C=O) groups excluding carboxylic acids is 1. The molecule has 1 aromatic heterocycles. The Morgan fingerprint density at radius 2 is 1.76 bits per heavy atom. The van der Waals surface area contributed by atoms with Gasteiger partial charge in [0.1, 0.15) is 0 Å². The highest BCUT2D eigenvalue weighted by Gasteiger charge is 2.24. The zero-order chi connectivity index (χ0) is 21.1. The summed E-state index contributed by atoms with van der Waals surface area (Å²) >= 11 is 1.47. The summed E-state index contributed by atoms with van der Waals surface area (Å²) in [7, 11) is -2.01. The number of likely N-dealkylation sites (N-methyl/N-ethyl adjacent to an activating group) is 2. The van der Waals surface area contributed by atoms with Gasteiger partial charge in [0, 0.05) is 20.1 Å². The van der Waals surface area contributed by atoms with Crippen molar-refractivity contribution in [3.63, 3.8) is 0 Å². The average molecular weight is 463 g/mol. The number of amides is 1. The predicted molar refractivity (Wildman–Crippen MR) is 124 cm³/mol. The van der Waals surface area contributed by atoms with Crippen LogP contribution in [-0.4, -0.2) is 74.5 Å². The molecule has 1 heterocycles. The quantitative estimate of drug-likeness (QED) is 0.572. The van der Waals surface area contributed by atoms with E-state index >= 15 is 0 Å². The van der Waals surface area contributed by atoms with Gasteiger partial charge in [0.15, 0.2) is 5.13 Å². The Bertz CT molecular complexity index is 942. The fourth-order valence-corrected chi connectivity index (χ4v) is 4.51. The highest BCUT2D eigenvalue weighted by molar-refractivity contribution is 7.88. The highest BCUT2D eigenvalue weighted by Crippen LogP contribution is 2.31. The fraction of sp³-hybridized carbons (Fsp3) is 0.579. The van der Waals surface area contributed by atoms with Gasteiger partial charge in [-0.1, -0.05) is 31.3 Å². The summed E-state index contributed by atoms with van der Waals surface area (Å²) in [6, 6.07) is 4.14. The van der Waals surface area contributed by atoms with Gasteiger partial charge in [-0.15, -0.1) is 12.4 Å². The van der Waals surface area contributed by atoms with Crippen molar-refractivity contribution in [1.29, 1.82) is 0 Å². The minimum Gasteiger partial charge on any atom is -0.302 e. The van der Waals surface area contributed by atoms with Crippen LogP contribution in [0.1, 0.15) is 25.0 Å². The lowest BCUT2D eigenvalue weighted by atomic mass is 10.1. The van der Waals surface area contributed by atoms with Gasteiger partial charge < -0.3 is 4.90 Å². The zero-order valence-corrected chi connectivity index (χ0v) is 20.4. The summed E-state index contributed by atoms with van der Waals surface area (Å²) in [6.45, 7) is 11.0. The molecule has 1 aromatic carbocycles. The van der Waals surface area contributed by atoms with Gasteiger partial charge in [-0.2, -0.15) is 4.31 Å². The van der Waals surface area contributed by atoms with Gasteiger partial charge in [-0.25, -0.2) is 13.4 Å². The monoisotopic (exact) mass is 462 g/mol. The van der Waals surface area contributed by atoms with Crippen LogP contribution in [0.4, 0.5) is 5.13 Å². The van der Waals surface area contributed by atoms with E-state index in [0.717, 1.165) is 45.0 Å². The molecule has 0 spiro atoms. The summed E-state index contributed by atoms with van der Waals surface area (Å²) in [6.07, 6.45) is 1.10. The molecule has 0 saturated carbocycles. The van der Waals surface area contributed by atoms with Crippen LogP contribution in [0, 0.1) is 13.8 Å². The van der Waals surface area contributed by atoms with Crippen molar-refractivity contribution in [3.05, 3.63) is 23.3 Å². The number of halogens is 1. The topological polar surface area (TPSA) is 73.8 Å². The van der Waals surface area contributed by atoms with Crippen molar-refractivity contribution in [2.75, 3.05) is 50.9 Å². The minimum atomic E-state index is -3.43. The maximum atomic E-state index is 13.0.